The van der Waals surface area contributed by atoms with Crippen LogP contribution in [0.1, 0.15) is 25.3 Å². The first-order chi connectivity index (χ1) is 8.22. The number of ether oxygens (including phenoxy) is 1. The summed E-state index contributed by atoms with van der Waals surface area (Å²) in [4.78, 5) is 0. The minimum Gasteiger partial charge on any atom is -0.494 e. The van der Waals surface area contributed by atoms with Crippen molar-refractivity contribution in [3.05, 3.63) is 35.9 Å². The van der Waals surface area contributed by atoms with E-state index in [0.29, 0.717) is 6.54 Å². The van der Waals surface area contributed by atoms with Gasteiger partial charge in [0.2, 0.25) is 0 Å². The van der Waals surface area contributed by atoms with Gasteiger partial charge in [0, 0.05) is 13.6 Å². The summed E-state index contributed by atoms with van der Waals surface area (Å²) in [5.41, 5.74) is 1.15. The molecule has 1 aromatic rings. The Hall–Kier alpha value is -1.32. The molecule has 3 heteroatoms. The quantitative estimate of drug-likeness (QED) is 0.737. The molecule has 1 rings (SSSR count). The van der Waals surface area contributed by atoms with Gasteiger partial charge in [-0.1, -0.05) is 31.2 Å². The first-order valence-corrected chi connectivity index (χ1v) is 6.01. The normalized spacial score (nSPS) is 11.3. The van der Waals surface area contributed by atoms with Crippen LogP contribution in [0.3, 0.4) is 0 Å². The molecular weight excluding hydrogens is 214 g/mol. The molecule has 1 aromatic carbocycles. The molecule has 0 aliphatic carbocycles. The van der Waals surface area contributed by atoms with E-state index in [0.717, 1.165) is 30.8 Å². The van der Waals surface area contributed by atoms with Crippen molar-refractivity contribution in [1.82, 2.24) is 5.06 Å². The van der Waals surface area contributed by atoms with E-state index in [9.17, 15) is 0 Å². The minimum atomic E-state index is 0.647. The third-order valence-corrected chi connectivity index (χ3v) is 2.28. The fraction of sp³-hybridized carbons (Fsp3) is 0.429. The smallest absolute Gasteiger partial charge is 0.119 e. The monoisotopic (exact) mass is 235 g/mol. The number of benzene rings is 1. The summed E-state index contributed by atoms with van der Waals surface area (Å²) in [7, 11) is 1.65. The molecule has 0 amide bonds. The molecular formula is C14H21NO2. The molecule has 0 saturated carbocycles. The highest BCUT2D eigenvalue weighted by molar-refractivity contribution is 5.50. The van der Waals surface area contributed by atoms with Crippen molar-refractivity contribution in [3.63, 3.8) is 0 Å². The lowest BCUT2D eigenvalue weighted by Gasteiger charge is -2.05. The Kier molecular flexibility index (Phi) is 6.37. The van der Waals surface area contributed by atoms with Crippen molar-refractivity contribution in [2.24, 2.45) is 0 Å². The Labute approximate surface area is 103 Å². The van der Waals surface area contributed by atoms with Crippen molar-refractivity contribution in [2.75, 3.05) is 20.2 Å². The molecule has 17 heavy (non-hydrogen) atoms. The van der Waals surface area contributed by atoms with Crippen LogP contribution in [0.25, 0.3) is 6.08 Å². The highest BCUT2D eigenvalue weighted by Crippen LogP contribution is 2.13. The molecule has 0 atom stereocenters. The summed E-state index contributed by atoms with van der Waals surface area (Å²) in [6.45, 7) is 3.50. The summed E-state index contributed by atoms with van der Waals surface area (Å²) in [5, 5.41) is 10.1. The average molecular weight is 235 g/mol. The molecule has 0 saturated heterocycles. The van der Waals surface area contributed by atoms with Gasteiger partial charge in [-0.15, -0.1) is 0 Å². The van der Waals surface area contributed by atoms with Crippen molar-refractivity contribution in [1.29, 1.82) is 0 Å². The Morgan fingerprint density at radius 2 is 2.00 bits per heavy atom. The predicted octanol–water partition coefficient (Wildman–Crippen LogP) is 3.20. The summed E-state index contributed by atoms with van der Waals surface area (Å²) in [6.07, 6.45) is 5.96. The van der Waals surface area contributed by atoms with Crippen LogP contribution < -0.4 is 4.74 Å². The highest BCUT2D eigenvalue weighted by Gasteiger charge is 1.92. The van der Waals surface area contributed by atoms with Crippen LogP contribution in [0.2, 0.25) is 0 Å². The molecule has 0 unspecified atom stereocenters. The van der Waals surface area contributed by atoms with E-state index in [-0.39, 0.29) is 0 Å². The zero-order chi connectivity index (χ0) is 12.5. The molecule has 0 aromatic heterocycles. The van der Waals surface area contributed by atoms with Crippen LogP contribution in [0.4, 0.5) is 0 Å². The summed E-state index contributed by atoms with van der Waals surface area (Å²) in [6, 6.07) is 8.02. The summed E-state index contributed by atoms with van der Waals surface area (Å²) < 4.78 is 5.50. The largest absolute Gasteiger partial charge is 0.494 e. The Balaban J connectivity index is 2.39. The van der Waals surface area contributed by atoms with Gasteiger partial charge in [0.1, 0.15) is 5.75 Å². The van der Waals surface area contributed by atoms with Gasteiger partial charge in [-0.25, -0.2) is 0 Å². The van der Waals surface area contributed by atoms with E-state index in [2.05, 4.69) is 13.0 Å². The lowest BCUT2D eigenvalue weighted by Crippen LogP contribution is -2.12. The van der Waals surface area contributed by atoms with Crippen LogP contribution in [0.15, 0.2) is 30.3 Å². The number of hydroxylamine groups is 2. The topological polar surface area (TPSA) is 32.7 Å². The molecule has 1 N–H and O–H groups in total. The van der Waals surface area contributed by atoms with Gasteiger partial charge >= 0.3 is 0 Å². The SMILES string of the molecule is CCCOc1ccc(/C=C/CCN(C)O)cc1. The molecule has 3 nitrogen and oxygen atoms in total. The Morgan fingerprint density at radius 1 is 1.29 bits per heavy atom. The van der Waals surface area contributed by atoms with Gasteiger partial charge in [0.05, 0.1) is 6.61 Å². The number of hydrogen-bond acceptors (Lipinski definition) is 3. The first-order valence-electron chi connectivity index (χ1n) is 6.01. The van der Waals surface area contributed by atoms with E-state index in [1.807, 2.05) is 30.3 Å². The first kappa shape index (κ1) is 13.7. The van der Waals surface area contributed by atoms with Crippen LogP contribution >= 0.6 is 0 Å². The lowest BCUT2D eigenvalue weighted by molar-refractivity contribution is -0.0628. The van der Waals surface area contributed by atoms with Crippen molar-refractivity contribution in [3.8, 4) is 5.75 Å². The number of nitrogens with zero attached hydrogens (tertiary/aromatic N) is 1. The third-order valence-electron chi connectivity index (χ3n) is 2.28. The second-order valence-electron chi connectivity index (χ2n) is 3.99. The van der Waals surface area contributed by atoms with Gasteiger partial charge in [0.15, 0.2) is 0 Å². The van der Waals surface area contributed by atoms with E-state index in [1.54, 1.807) is 7.05 Å². The fourth-order valence-corrected chi connectivity index (χ4v) is 1.38. The molecule has 0 bridgehead atoms. The van der Waals surface area contributed by atoms with Gasteiger partial charge in [0.25, 0.3) is 0 Å². The molecule has 0 aliphatic rings. The van der Waals surface area contributed by atoms with Gasteiger partial charge in [-0.3, -0.25) is 0 Å². The van der Waals surface area contributed by atoms with Crippen molar-refractivity contribution in [2.45, 2.75) is 19.8 Å². The highest BCUT2D eigenvalue weighted by atomic mass is 16.5. The second kappa shape index (κ2) is 7.87. The molecule has 94 valence electrons. The molecule has 0 fully saturated rings. The molecule has 0 radical (unpaired) electrons. The van der Waals surface area contributed by atoms with Crippen molar-refractivity contribution >= 4 is 6.08 Å². The van der Waals surface area contributed by atoms with E-state index >= 15 is 0 Å². The molecule has 0 spiro atoms. The number of rotatable bonds is 7. The minimum absolute atomic E-state index is 0.647. The van der Waals surface area contributed by atoms with Gasteiger partial charge < -0.3 is 9.94 Å². The maximum atomic E-state index is 8.95. The Morgan fingerprint density at radius 3 is 2.59 bits per heavy atom. The van der Waals surface area contributed by atoms with E-state index < -0.39 is 0 Å². The predicted molar refractivity (Wildman–Crippen MR) is 70.3 cm³/mol. The molecule has 0 aliphatic heterocycles. The standard InChI is InChI=1S/C14H21NO2/c1-3-12-17-14-9-7-13(8-10-14)6-4-5-11-15(2)16/h4,6-10,16H,3,5,11-12H2,1-2H3/b6-4+. The molecule has 0 heterocycles. The maximum Gasteiger partial charge on any atom is 0.119 e. The van der Waals surface area contributed by atoms with Crippen LogP contribution in [0.5, 0.6) is 5.75 Å². The summed E-state index contributed by atoms with van der Waals surface area (Å²) in [5.74, 6) is 0.916. The van der Waals surface area contributed by atoms with Crippen molar-refractivity contribution < 1.29 is 9.94 Å². The maximum absolute atomic E-state index is 8.95. The zero-order valence-corrected chi connectivity index (χ0v) is 10.6. The fourth-order valence-electron chi connectivity index (χ4n) is 1.38. The lowest BCUT2D eigenvalue weighted by atomic mass is 10.2. The van der Waals surface area contributed by atoms with Crippen LogP contribution in [0, 0.1) is 0 Å². The van der Waals surface area contributed by atoms with E-state index in [4.69, 9.17) is 9.94 Å². The van der Waals surface area contributed by atoms with Crippen LogP contribution in [-0.4, -0.2) is 30.5 Å². The van der Waals surface area contributed by atoms with Gasteiger partial charge in [-0.05, 0) is 30.5 Å². The second-order valence-corrected chi connectivity index (χ2v) is 3.99. The number of hydrogen-bond donors (Lipinski definition) is 1. The zero-order valence-electron chi connectivity index (χ0n) is 10.6. The summed E-state index contributed by atoms with van der Waals surface area (Å²) >= 11 is 0. The Bertz CT molecular complexity index is 331. The van der Waals surface area contributed by atoms with Crippen LogP contribution in [-0.2, 0) is 0 Å². The van der Waals surface area contributed by atoms with Gasteiger partial charge in [-0.2, -0.15) is 5.06 Å². The van der Waals surface area contributed by atoms with E-state index in [1.165, 1.54) is 5.06 Å². The average Bonchev–Trinajstić information content (AvgIpc) is 2.33. The third kappa shape index (κ3) is 6.09.